The smallest absolute Gasteiger partial charge is 0.338 e. The molecule has 1 atom stereocenters. The lowest BCUT2D eigenvalue weighted by molar-refractivity contribution is -0.136. The lowest BCUT2D eigenvalue weighted by atomic mass is 9.97. The monoisotopic (exact) mass is 479 g/mol. The van der Waals surface area contributed by atoms with Gasteiger partial charge >= 0.3 is 5.97 Å². The Balaban J connectivity index is 1.40. The van der Waals surface area contributed by atoms with E-state index in [0.717, 1.165) is 33.4 Å². The number of hydrogen-bond donors (Lipinski definition) is 1. The van der Waals surface area contributed by atoms with Crippen LogP contribution in [-0.2, 0) is 9.53 Å². The molecule has 180 valence electrons. The Morgan fingerprint density at radius 3 is 2.39 bits per heavy atom. The number of benzene rings is 4. The highest BCUT2D eigenvalue weighted by Gasteiger charge is 2.33. The molecule has 7 heteroatoms. The number of nitrogens with two attached hydrogens (primary N) is 1. The van der Waals surface area contributed by atoms with E-state index in [4.69, 9.17) is 15.2 Å². The zero-order chi connectivity index (χ0) is 25.1. The number of nitrogen functional groups attached to an aromatic ring is 1. The highest BCUT2D eigenvalue weighted by Crippen LogP contribution is 2.34. The molecular formula is C29H25N3O4. The molecule has 0 radical (unpaired) electrons. The van der Waals surface area contributed by atoms with Gasteiger partial charge in [0, 0.05) is 12.1 Å². The summed E-state index contributed by atoms with van der Waals surface area (Å²) in [6.45, 7) is -0.426. The second-order valence-electron chi connectivity index (χ2n) is 8.54. The summed E-state index contributed by atoms with van der Waals surface area (Å²) < 4.78 is 10.6. The van der Waals surface area contributed by atoms with E-state index in [0.29, 0.717) is 17.7 Å². The van der Waals surface area contributed by atoms with Crippen molar-refractivity contribution in [3.63, 3.8) is 0 Å². The summed E-state index contributed by atoms with van der Waals surface area (Å²) in [5.41, 5.74) is 9.19. The van der Waals surface area contributed by atoms with Gasteiger partial charge in [0.1, 0.15) is 5.75 Å². The van der Waals surface area contributed by atoms with Crippen LogP contribution in [0, 0.1) is 0 Å². The molecule has 0 fully saturated rings. The number of hydrogen-bond acceptors (Lipinski definition) is 6. The normalized spacial score (nSPS) is 15.0. The number of anilines is 1. The van der Waals surface area contributed by atoms with Crippen LogP contribution < -0.4 is 10.5 Å². The standard InChI is InChI=1S/C29H25N3O4/c1-35-25-14-10-20(11-15-25)27-17-26(23-7-6-19-4-2-3-5-22(19)16-23)31-32(27)28(33)18-36-29(34)21-8-12-24(30)13-9-21/h2-16,27H,17-18,30H2,1H3. The van der Waals surface area contributed by atoms with Gasteiger partial charge in [-0.15, -0.1) is 0 Å². The maximum absolute atomic E-state index is 13.2. The molecule has 4 aromatic rings. The number of hydrazone groups is 1. The number of methoxy groups -OCH3 is 1. The lowest BCUT2D eigenvalue weighted by Crippen LogP contribution is -2.31. The molecule has 0 bridgehead atoms. The third kappa shape index (κ3) is 4.77. The quantitative estimate of drug-likeness (QED) is 0.311. The Hall–Kier alpha value is -4.65. The molecule has 0 aliphatic carbocycles. The Kier molecular flexibility index (Phi) is 6.36. The lowest BCUT2D eigenvalue weighted by Gasteiger charge is -2.22. The van der Waals surface area contributed by atoms with Crippen molar-refractivity contribution in [3.8, 4) is 5.75 Å². The second kappa shape index (κ2) is 9.92. The molecule has 1 amide bonds. The Labute approximate surface area is 208 Å². The molecule has 5 rings (SSSR count). The number of fused-ring (bicyclic) bond motifs is 1. The number of rotatable bonds is 6. The number of ether oxygens (including phenoxy) is 2. The molecular weight excluding hydrogens is 454 g/mol. The van der Waals surface area contributed by atoms with Crippen molar-refractivity contribution in [2.24, 2.45) is 5.10 Å². The van der Waals surface area contributed by atoms with Crippen molar-refractivity contribution in [2.45, 2.75) is 12.5 Å². The maximum atomic E-state index is 13.2. The van der Waals surface area contributed by atoms with Gasteiger partial charge < -0.3 is 15.2 Å². The number of nitrogens with zero attached hydrogens (tertiary/aromatic N) is 2. The van der Waals surface area contributed by atoms with E-state index >= 15 is 0 Å². The molecule has 1 aliphatic rings. The van der Waals surface area contributed by atoms with E-state index in [-0.39, 0.29) is 6.04 Å². The molecule has 4 aromatic carbocycles. The fourth-order valence-electron chi connectivity index (χ4n) is 4.27. The SMILES string of the molecule is COc1ccc(C2CC(c3ccc4ccccc4c3)=NN2C(=O)COC(=O)c2ccc(N)cc2)cc1. The minimum atomic E-state index is -0.595. The van der Waals surface area contributed by atoms with Crippen LogP contribution >= 0.6 is 0 Å². The van der Waals surface area contributed by atoms with E-state index in [1.54, 1.807) is 31.4 Å². The predicted octanol–water partition coefficient (Wildman–Crippen LogP) is 4.97. The predicted molar refractivity (Wildman–Crippen MR) is 139 cm³/mol. The highest BCUT2D eigenvalue weighted by atomic mass is 16.5. The number of esters is 1. The van der Waals surface area contributed by atoms with E-state index in [1.807, 2.05) is 42.5 Å². The summed E-state index contributed by atoms with van der Waals surface area (Å²) in [6, 6.07) is 27.8. The van der Waals surface area contributed by atoms with Crippen LogP contribution in [0.2, 0.25) is 0 Å². The molecule has 7 nitrogen and oxygen atoms in total. The van der Waals surface area contributed by atoms with Crippen LogP contribution in [0.5, 0.6) is 5.75 Å². The topological polar surface area (TPSA) is 94.2 Å². The number of amides is 1. The van der Waals surface area contributed by atoms with Gasteiger partial charge in [-0.3, -0.25) is 4.79 Å². The fraction of sp³-hybridized carbons (Fsp3) is 0.138. The van der Waals surface area contributed by atoms with Crippen molar-refractivity contribution in [3.05, 3.63) is 108 Å². The maximum Gasteiger partial charge on any atom is 0.338 e. The summed E-state index contributed by atoms with van der Waals surface area (Å²) in [6.07, 6.45) is 0.530. The summed E-state index contributed by atoms with van der Waals surface area (Å²) in [5.74, 6) is -0.277. The number of carbonyl (C=O) groups is 2. The molecule has 2 N–H and O–H groups in total. The van der Waals surface area contributed by atoms with Crippen LogP contribution in [0.1, 0.15) is 33.9 Å². The van der Waals surface area contributed by atoms with Crippen molar-refractivity contribution in [1.82, 2.24) is 5.01 Å². The molecule has 0 aromatic heterocycles. The van der Waals surface area contributed by atoms with Crippen LogP contribution in [0.4, 0.5) is 5.69 Å². The molecule has 1 heterocycles. The first kappa shape index (κ1) is 23.1. The number of carbonyl (C=O) groups excluding carboxylic acids is 2. The van der Waals surface area contributed by atoms with Gasteiger partial charge in [-0.05, 0) is 64.4 Å². The Morgan fingerprint density at radius 2 is 1.67 bits per heavy atom. The second-order valence-corrected chi connectivity index (χ2v) is 8.54. The zero-order valence-electron chi connectivity index (χ0n) is 19.8. The van der Waals surface area contributed by atoms with Gasteiger partial charge in [-0.1, -0.05) is 48.5 Å². The van der Waals surface area contributed by atoms with Gasteiger partial charge in [0.15, 0.2) is 6.61 Å². The van der Waals surface area contributed by atoms with Crippen LogP contribution in [0.25, 0.3) is 10.8 Å². The van der Waals surface area contributed by atoms with E-state index in [2.05, 4.69) is 29.4 Å². The van der Waals surface area contributed by atoms with Gasteiger partial charge in [0.2, 0.25) is 0 Å². The van der Waals surface area contributed by atoms with Gasteiger partial charge in [-0.25, -0.2) is 9.80 Å². The van der Waals surface area contributed by atoms with Gasteiger partial charge in [0.25, 0.3) is 5.91 Å². The average molecular weight is 480 g/mol. The van der Waals surface area contributed by atoms with Crippen molar-refractivity contribution >= 4 is 34.0 Å². The first-order chi connectivity index (χ1) is 17.5. The Morgan fingerprint density at radius 1 is 0.944 bits per heavy atom. The molecule has 0 spiro atoms. The minimum absolute atomic E-state index is 0.325. The highest BCUT2D eigenvalue weighted by molar-refractivity contribution is 6.05. The molecule has 36 heavy (non-hydrogen) atoms. The van der Waals surface area contributed by atoms with Crippen LogP contribution in [-0.4, -0.2) is 36.3 Å². The van der Waals surface area contributed by atoms with Gasteiger partial charge in [-0.2, -0.15) is 5.10 Å². The van der Waals surface area contributed by atoms with E-state index < -0.39 is 18.5 Å². The zero-order valence-corrected chi connectivity index (χ0v) is 19.8. The van der Waals surface area contributed by atoms with E-state index in [9.17, 15) is 9.59 Å². The largest absolute Gasteiger partial charge is 0.497 e. The van der Waals surface area contributed by atoms with Gasteiger partial charge in [0.05, 0.1) is 24.4 Å². The van der Waals surface area contributed by atoms with Crippen LogP contribution in [0.3, 0.4) is 0 Å². The van der Waals surface area contributed by atoms with Crippen molar-refractivity contribution < 1.29 is 19.1 Å². The fourth-order valence-corrected chi connectivity index (χ4v) is 4.27. The first-order valence-corrected chi connectivity index (χ1v) is 11.6. The summed E-state index contributed by atoms with van der Waals surface area (Å²) >= 11 is 0. The molecule has 1 aliphatic heterocycles. The Bertz CT molecular complexity index is 1450. The molecule has 1 unspecified atom stereocenters. The van der Waals surface area contributed by atoms with Crippen molar-refractivity contribution in [2.75, 3.05) is 19.5 Å². The molecule has 0 saturated carbocycles. The van der Waals surface area contributed by atoms with E-state index in [1.165, 1.54) is 5.01 Å². The average Bonchev–Trinajstić information content (AvgIpc) is 3.37. The molecule has 0 saturated heterocycles. The third-order valence-electron chi connectivity index (χ3n) is 6.22. The van der Waals surface area contributed by atoms with Crippen molar-refractivity contribution in [1.29, 1.82) is 0 Å². The summed E-state index contributed by atoms with van der Waals surface area (Å²) in [7, 11) is 1.61. The summed E-state index contributed by atoms with van der Waals surface area (Å²) in [5, 5.41) is 8.34. The summed E-state index contributed by atoms with van der Waals surface area (Å²) in [4.78, 5) is 25.7. The third-order valence-corrected chi connectivity index (χ3v) is 6.22. The van der Waals surface area contributed by atoms with Crippen LogP contribution in [0.15, 0.2) is 96.1 Å². The first-order valence-electron chi connectivity index (χ1n) is 11.6. The minimum Gasteiger partial charge on any atom is -0.497 e.